The lowest BCUT2D eigenvalue weighted by atomic mass is 10.0. The summed E-state index contributed by atoms with van der Waals surface area (Å²) in [6, 6.07) is 6.72. The molecule has 1 heterocycles. The number of carbonyl (C=O) groups is 1. The van der Waals surface area contributed by atoms with Crippen molar-refractivity contribution >= 4 is 34.0 Å². The number of esters is 1. The second-order valence-electron chi connectivity index (χ2n) is 6.31. The maximum Gasteiger partial charge on any atom is 0.358 e. The van der Waals surface area contributed by atoms with Gasteiger partial charge in [-0.05, 0) is 37.6 Å². The summed E-state index contributed by atoms with van der Waals surface area (Å²) in [7, 11) is 0. The molecule has 0 saturated heterocycles. The Morgan fingerprint density at radius 3 is 2.59 bits per heavy atom. The Morgan fingerprint density at radius 1 is 1.21 bits per heavy atom. The molecule has 0 aliphatic rings. The van der Waals surface area contributed by atoms with E-state index in [1.54, 1.807) is 25.1 Å². The number of benzene rings is 2. The van der Waals surface area contributed by atoms with E-state index in [1.807, 2.05) is 6.92 Å². The number of halogens is 2. The van der Waals surface area contributed by atoms with Gasteiger partial charge in [-0.3, -0.25) is 5.01 Å². The van der Waals surface area contributed by atoms with Gasteiger partial charge in [-0.2, -0.15) is 0 Å². The number of nitrogens with zero attached hydrogens (tertiary/aromatic N) is 1. The monoisotopic (exact) mass is 402 g/mol. The molecule has 9 heteroatoms. The van der Waals surface area contributed by atoms with Gasteiger partial charge in [0.1, 0.15) is 5.58 Å². The molecule has 152 valence electrons. The molecule has 1 aromatic heterocycles. The van der Waals surface area contributed by atoms with Crippen molar-refractivity contribution < 1.29 is 22.7 Å². The average Bonchev–Trinajstić information content (AvgIpc) is 3.14. The van der Waals surface area contributed by atoms with Crippen molar-refractivity contribution in [2.45, 2.75) is 13.8 Å². The normalized spacial score (nSPS) is 12.0. The zero-order valence-corrected chi connectivity index (χ0v) is 15.8. The number of nitrogens with two attached hydrogens (primary N) is 3. The van der Waals surface area contributed by atoms with Crippen LogP contribution in [0.5, 0.6) is 0 Å². The van der Waals surface area contributed by atoms with E-state index in [-0.39, 0.29) is 29.4 Å². The SMILES string of the molecule is CCOC(=O)/C(=C(\N)c1cc(C)c2occc2c1)N(N)c1cc(F)c(F)cc1N. The van der Waals surface area contributed by atoms with Crippen molar-refractivity contribution in [3.05, 3.63) is 65.1 Å². The maximum absolute atomic E-state index is 13.8. The second-order valence-corrected chi connectivity index (χ2v) is 6.31. The third kappa shape index (κ3) is 3.72. The lowest BCUT2D eigenvalue weighted by Gasteiger charge is -2.24. The number of hydrogen-bond acceptors (Lipinski definition) is 7. The number of anilines is 2. The van der Waals surface area contributed by atoms with Crippen LogP contribution >= 0.6 is 0 Å². The molecule has 3 rings (SSSR count). The van der Waals surface area contributed by atoms with Crippen LogP contribution in [0.25, 0.3) is 16.7 Å². The minimum Gasteiger partial charge on any atom is -0.464 e. The summed E-state index contributed by atoms with van der Waals surface area (Å²) >= 11 is 0. The number of ether oxygens (including phenoxy) is 1. The fourth-order valence-electron chi connectivity index (χ4n) is 2.97. The van der Waals surface area contributed by atoms with Gasteiger partial charge < -0.3 is 20.6 Å². The largest absolute Gasteiger partial charge is 0.464 e. The number of carbonyl (C=O) groups excluding carboxylic acids is 1. The standard InChI is InChI=1S/C20H20F2N4O3/c1-3-28-20(27)18(26(25)16-9-14(22)13(21)8-15(16)23)17(24)12-6-10(2)19-11(7-12)4-5-29-19/h4-9H,3,23-25H2,1-2H3/b18-17+. The Balaban J connectivity index is 2.20. The summed E-state index contributed by atoms with van der Waals surface area (Å²) in [5, 5.41) is 1.56. The van der Waals surface area contributed by atoms with E-state index >= 15 is 0 Å². The molecular formula is C20H20F2N4O3. The van der Waals surface area contributed by atoms with E-state index in [9.17, 15) is 13.6 Å². The summed E-state index contributed by atoms with van der Waals surface area (Å²) < 4.78 is 37.7. The minimum absolute atomic E-state index is 0.0266. The van der Waals surface area contributed by atoms with Gasteiger partial charge in [-0.15, -0.1) is 0 Å². The first-order valence-corrected chi connectivity index (χ1v) is 8.69. The third-order valence-electron chi connectivity index (χ3n) is 4.34. The van der Waals surface area contributed by atoms with Crippen LogP contribution in [-0.2, 0) is 9.53 Å². The first-order chi connectivity index (χ1) is 13.7. The zero-order chi connectivity index (χ0) is 21.3. The fourth-order valence-corrected chi connectivity index (χ4v) is 2.97. The molecular weight excluding hydrogens is 382 g/mol. The van der Waals surface area contributed by atoms with Gasteiger partial charge in [0.05, 0.1) is 29.9 Å². The number of hydrogen-bond donors (Lipinski definition) is 3. The van der Waals surface area contributed by atoms with Crippen molar-refractivity contribution in [2.24, 2.45) is 11.6 Å². The fraction of sp³-hybridized carbons (Fsp3) is 0.150. The number of furan rings is 1. The van der Waals surface area contributed by atoms with Crippen molar-refractivity contribution in [1.29, 1.82) is 0 Å². The lowest BCUT2D eigenvalue weighted by Crippen LogP contribution is -2.37. The van der Waals surface area contributed by atoms with Gasteiger partial charge in [0.15, 0.2) is 17.3 Å². The average molecular weight is 402 g/mol. The molecule has 29 heavy (non-hydrogen) atoms. The van der Waals surface area contributed by atoms with Crippen LogP contribution < -0.4 is 22.3 Å². The molecule has 0 amide bonds. The molecule has 0 bridgehead atoms. The Bertz CT molecular complexity index is 1120. The Labute approximate surface area is 165 Å². The zero-order valence-electron chi connectivity index (χ0n) is 15.8. The van der Waals surface area contributed by atoms with Crippen LogP contribution in [0.1, 0.15) is 18.1 Å². The van der Waals surface area contributed by atoms with Gasteiger partial charge >= 0.3 is 5.97 Å². The van der Waals surface area contributed by atoms with Gasteiger partial charge in [0.2, 0.25) is 0 Å². The van der Waals surface area contributed by atoms with Crippen LogP contribution in [0.15, 0.2) is 46.7 Å². The van der Waals surface area contributed by atoms with Crippen LogP contribution in [0.3, 0.4) is 0 Å². The Kier molecular flexibility index (Phi) is 5.42. The van der Waals surface area contributed by atoms with Crippen LogP contribution in [0.2, 0.25) is 0 Å². The second kappa shape index (κ2) is 7.80. The van der Waals surface area contributed by atoms with Crippen molar-refractivity contribution in [2.75, 3.05) is 17.3 Å². The summed E-state index contributed by atoms with van der Waals surface area (Å²) in [4.78, 5) is 12.6. The van der Waals surface area contributed by atoms with Crippen LogP contribution in [-0.4, -0.2) is 12.6 Å². The molecule has 2 aromatic carbocycles. The predicted octanol–water partition coefficient (Wildman–Crippen LogP) is 3.17. The number of rotatable bonds is 5. The number of aryl methyl sites for hydroxylation is 1. The van der Waals surface area contributed by atoms with Crippen molar-refractivity contribution in [1.82, 2.24) is 0 Å². The predicted molar refractivity (Wildman–Crippen MR) is 106 cm³/mol. The molecule has 0 spiro atoms. The third-order valence-corrected chi connectivity index (χ3v) is 4.34. The molecule has 0 aliphatic heterocycles. The number of fused-ring (bicyclic) bond motifs is 1. The summed E-state index contributed by atoms with van der Waals surface area (Å²) in [6.45, 7) is 3.48. The van der Waals surface area contributed by atoms with Crippen molar-refractivity contribution in [3.8, 4) is 0 Å². The highest BCUT2D eigenvalue weighted by molar-refractivity contribution is 6.02. The molecule has 0 aliphatic carbocycles. The molecule has 0 saturated carbocycles. The highest BCUT2D eigenvalue weighted by Crippen LogP contribution is 2.31. The van der Waals surface area contributed by atoms with E-state index in [0.717, 1.165) is 28.1 Å². The molecule has 0 fully saturated rings. The smallest absolute Gasteiger partial charge is 0.358 e. The maximum atomic E-state index is 13.8. The van der Waals surface area contributed by atoms with Crippen LogP contribution in [0.4, 0.5) is 20.2 Å². The number of hydrazine groups is 1. The van der Waals surface area contributed by atoms with Gasteiger partial charge in [0.25, 0.3) is 0 Å². The molecule has 6 N–H and O–H groups in total. The van der Waals surface area contributed by atoms with Crippen molar-refractivity contribution in [3.63, 3.8) is 0 Å². The van der Waals surface area contributed by atoms with Gasteiger partial charge in [-0.25, -0.2) is 19.4 Å². The molecule has 0 unspecified atom stereocenters. The summed E-state index contributed by atoms with van der Waals surface area (Å²) in [5.41, 5.74) is 13.3. The molecule has 3 aromatic rings. The highest BCUT2D eigenvalue weighted by atomic mass is 19.2. The highest BCUT2D eigenvalue weighted by Gasteiger charge is 2.25. The van der Waals surface area contributed by atoms with Gasteiger partial charge in [-0.1, -0.05) is 0 Å². The summed E-state index contributed by atoms with van der Waals surface area (Å²) in [5.74, 6) is 2.90. The topological polar surface area (TPSA) is 121 Å². The number of nitrogen functional groups attached to an aromatic ring is 1. The Hall–Kier alpha value is -3.59. The molecule has 0 radical (unpaired) electrons. The van der Waals surface area contributed by atoms with E-state index in [0.29, 0.717) is 11.1 Å². The van der Waals surface area contributed by atoms with E-state index < -0.39 is 17.6 Å². The Morgan fingerprint density at radius 2 is 1.90 bits per heavy atom. The lowest BCUT2D eigenvalue weighted by molar-refractivity contribution is -0.138. The van der Waals surface area contributed by atoms with Gasteiger partial charge in [0, 0.05) is 23.1 Å². The molecule has 0 atom stereocenters. The van der Waals surface area contributed by atoms with Crippen LogP contribution in [0, 0.1) is 18.6 Å². The van der Waals surface area contributed by atoms with E-state index in [4.69, 9.17) is 26.5 Å². The van der Waals surface area contributed by atoms with E-state index in [2.05, 4.69) is 0 Å². The summed E-state index contributed by atoms with van der Waals surface area (Å²) in [6.07, 6.45) is 1.53. The molecule has 7 nitrogen and oxygen atoms in total. The first kappa shape index (κ1) is 20.2. The first-order valence-electron chi connectivity index (χ1n) is 8.69. The quantitative estimate of drug-likeness (QED) is 0.197. The minimum atomic E-state index is -1.18. The van der Waals surface area contributed by atoms with E-state index in [1.165, 1.54) is 6.26 Å².